The van der Waals surface area contributed by atoms with E-state index in [1.165, 1.54) is 0 Å². The van der Waals surface area contributed by atoms with Crippen LogP contribution in [0.3, 0.4) is 0 Å². The van der Waals surface area contributed by atoms with Crippen LogP contribution >= 0.6 is 0 Å². The van der Waals surface area contributed by atoms with Gasteiger partial charge in [0.25, 0.3) is 0 Å². The molecule has 2 nitrogen and oxygen atoms in total. The molecule has 1 aromatic carbocycles. The molecule has 56 valence electrons. The average molecular weight is 242 g/mol. The molecule has 0 saturated carbocycles. The molecule has 14 heavy (non-hydrogen) atoms. The van der Waals surface area contributed by atoms with Gasteiger partial charge in [0.15, 0.2) is 0 Å². The normalized spacial score (nSPS) is 5.71. The van der Waals surface area contributed by atoms with Gasteiger partial charge in [0.1, 0.15) is 0 Å². The first-order chi connectivity index (χ1) is 4.30. The van der Waals surface area contributed by atoms with E-state index in [9.17, 15) is 4.79 Å². The molecule has 1 N–H and O–H groups in total. The molecule has 0 bridgehead atoms. The number of carboxylic acids is 1. The van der Waals surface area contributed by atoms with Crippen molar-refractivity contribution in [3.8, 4) is 0 Å². The zero-order valence-corrected chi connectivity index (χ0v) is 4.74. The van der Waals surface area contributed by atoms with Crippen molar-refractivity contribution < 1.29 is 9.90 Å². The molecular weight excluding hydrogens is 231 g/mol. The van der Waals surface area contributed by atoms with Gasteiger partial charge in [-0.25, -0.2) is 4.79 Å². The number of rotatable bonds is 1. The van der Waals surface area contributed by atoms with Crippen LogP contribution in [-0.4, -0.2) is 159 Å². The molecule has 0 aliphatic heterocycles. The van der Waals surface area contributed by atoms with E-state index in [1.54, 1.807) is 30.3 Å². The summed E-state index contributed by atoms with van der Waals surface area (Å²) in [5, 5.41) is 8.38. The summed E-state index contributed by atoms with van der Waals surface area (Å²) in [6.07, 6.45) is 0. The van der Waals surface area contributed by atoms with Crippen LogP contribution in [0.15, 0.2) is 30.3 Å². The Balaban J connectivity index is -0.0000000540. The third kappa shape index (κ3) is 13.8. The van der Waals surface area contributed by atoms with Gasteiger partial charge in [-0.3, -0.25) is 0 Å². The topological polar surface area (TPSA) is 37.3 Å². The zero-order valence-electron chi connectivity index (χ0n) is 4.74. The first-order valence-corrected chi connectivity index (χ1v) is 2.59. The SMILES string of the molecule is O=C(O)c1ccccc1.[NaH].[NaH].[NaH].[NaH].[NaH]. The van der Waals surface area contributed by atoms with Crippen molar-refractivity contribution >= 4 is 154 Å². The number of benzene rings is 1. The number of hydrogen-bond donors (Lipinski definition) is 1. The maximum atomic E-state index is 10.2. The zero-order chi connectivity index (χ0) is 6.69. The van der Waals surface area contributed by atoms with Crippen LogP contribution in [0.5, 0.6) is 0 Å². The van der Waals surface area contributed by atoms with Crippen molar-refractivity contribution in [3.63, 3.8) is 0 Å². The predicted molar refractivity (Wildman–Crippen MR) is 69.1 cm³/mol. The van der Waals surface area contributed by atoms with Gasteiger partial charge in [-0.2, -0.15) is 0 Å². The molecule has 0 amide bonds. The Labute approximate surface area is 195 Å². The fraction of sp³-hybridized carbons (Fsp3) is 0. The Morgan fingerprint density at radius 1 is 0.857 bits per heavy atom. The summed E-state index contributed by atoms with van der Waals surface area (Å²) in [6, 6.07) is 8.30. The Kier molecular flexibility index (Phi) is 41.6. The number of carbonyl (C=O) groups is 1. The summed E-state index contributed by atoms with van der Waals surface area (Å²) < 4.78 is 0. The van der Waals surface area contributed by atoms with Crippen molar-refractivity contribution in [3.05, 3.63) is 35.9 Å². The van der Waals surface area contributed by atoms with Gasteiger partial charge in [0.2, 0.25) is 0 Å². The molecular formula is C7H11Na5O2. The Bertz CT molecular complexity index is 217. The van der Waals surface area contributed by atoms with E-state index >= 15 is 0 Å². The van der Waals surface area contributed by atoms with Gasteiger partial charge in [-0.15, -0.1) is 0 Å². The first-order valence-electron chi connectivity index (χ1n) is 2.59. The Morgan fingerprint density at radius 2 is 1.21 bits per heavy atom. The molecule has 0 spiro atoms. The van der Waals surface area contributed by atoms with Crippen LogP contribution in [0, 0.1) is 0 Å². The second-order valence-electron chi connectivity index (χ2n) is 1.67. The number of hydrogen-bond acceptors (Lipinski definition) is 1. The van der Waals surface area contributed by atoms with E-state index in [-0.39, 0.29) is 148 Å². The van der Waals surface area contributed by atoms with Gasteiger partial charge in [-0.05, 0) is 12.1 Å². The quantitative estimate of drug-likeness (QED) is 0.586. The molecule has 1 aromatic rings. The van der Waals surface area contributed by atoms with E-state index in [4.69, 9.17) is 5.11 Å². The maximum absolute atomic E-state index is 10.2. The average Bonchev–Trinajstić information content (AvgIpc) is 1.90. The third-order valence-electron chi connectivity index (χ3n) is 1.02. The fourth-order valence-electron chi connectivity index (χ4n) is 0.581. The van der Waals surface area contributed by atoms with E-state index in [2.05, 4.69) is 0 Å². The molecule has 7 heteroatoms. The minimum atomic E-state index is -0.879. The minimum absolute atomic E-state index is 0. The standard InChI is InChI=1S/C7H6O2.5Na.5H/c8-7(9)6-4-2-1-3-5-6;;;;;;;;;;/h1-5H,(H,8,9);;;;;;;;;;. The van der Waals surface area contributed by atoms with E-state index in [1.807, 2.05) is 0 Å². The fourth-order valence-corrected chi connectivity index (χ4v) is 0.581. The van der Waals surface area contributed by atoms with Crippen molar-refractivity contribution in [1.29, 1.82) is 0 Å². The molecule has 0 unspecified atom stereocenters. The summed E-state index contributed by atoms with van der Waals surface area (Å²) in [5.74, 6) is -0.879. The van der Waals surface area contributed by atoms with Crippen LogP contribution in [0.1, 0.15) is 10.4 Å². The molecule has 0 atom stereocenters. The van der Waals surface area contributed by atoms with Crippen LogP contribution in [0.25, 0.3) is 0 Å². The third-order valence-corrected chi connectivity index (χ3v) is 1.02. The number of aromatic carboxylic acids is 1. The molecule has 0 fully saturated rings. The van der Waals surface area contributed by atoms with Gasteiger partial charge >= 0.3 is 154 Å². The van der Waals surface area contributed by atoms with Crippen LogP contribution in [-0.2, 0) is 0 Å². The summed E-state index contributed by atoms with van der Waals surface area (Å²) in [6.45, 7) is 0. The van der Waals surface area contributed by atoms with E-state index in [0.29, 0.717) is 5.56 Å². The molecule has 0 radical (unpaired) electrons. The molecule has 0 saturated heterocycles. The van der Waals surface area contributed by atoms with Crippen molar-refractivity contribution in [2.24, 2.45) is 0 Å². The molecule has 0 aromatic heterocycles. The van der Waals surface area contributed by atoms with Crippen molar-refractivity contribution in [2.45, 2.75) is 0 Å². The summed E-state index contributed by atoms with van der Waals surface area (Å²) in [5.41, 5.74) is 0.331. The van der Waals surface area contributed by atoms with Crippen LogP contribution < -0.4 is 0 Å². The summed E-state index contributed by atoms with van der Waals surface area (Å²) in [7, 11) is 0. The Hall–Kier alpha value is 3.69. The summed E-state index contributed by atoms with van der Waals surface area (Å²) >= 11 is 0. The van der Waals surface area contributed by atoms with Crippen LogP contribution in [0.2, 0.25) is 0 Å². The van der Waals surface area contributed by atoms with E-state index < -0.39 is 5.97 Å². The summed E-state index contributed by atoms with van der Waals surface area (Å²) in [4.78, 5) is 10.2. The van der Waals surface area contributed by atoms with Crippen molar-refractivity contribution in [2.75, 3.05) is 0 Å². The van der Waals surface area contributed by atoms with Crippen LogP contribution in [0.4, 0.5) is 0 Å². The van der Waals surface area contributed by atoms with E-state index in [0.717, 1.165) is 0 Å². The Morgan fingerprint density at radius 3 is 1.43 bits per heavy atom. The molecule has 0 aliphatic rings. The van der Waals surface area contributed by atoms with Gasteiger partial charge < -0.3 is 5.11 Å². The van der Waals surface area contributed by atoms with Crippen molar-refractivity contribution in [1.82, 2.24) is 0 Å². The molecule has 0 aliphatic carbocycles. The van der Waals surface area contributed by atoms with Gasteiger partial charge in [0, 0.05) is 0 Å². The number of carboxylic acid groups (broad SMARTS) is 1. The second kappa shape index (κ2) is 19.0. The van der Waals surface area contributed by atoms with Gasteiger partial charge in [0.05, 0.1) is 5.56 Å². The van der Waals surface area contributed by atoms with Gasteiger partial charge in [-0.1, -0.05) is 18.2 Å². The second-order valence-corrected chi connectivity index (χ2v) is 1.67. The molecule has 0 heterocycles. The molecule has 1 rings (SSSR count). The first kappa shape index (κ1) is 30.6. The monoisotopic (exact) mass is 242 g/mol. The predicted octanol–water partition coefficient (Wildman–Crippen LogP) is -1.86.